The van der Waals surface area contributed by atoms with Gasteiger partial charge in [0.05, 0.1) is 24.8 Å². The first-order chi connectivity index (χ1) is 14.1. The average Bonchev–Trinajstić information content (AvgIpc) is 3.09. The molecule has 2 aromatic carbocycles. The van der Waals surface area contributed by atoms with Gasteiger partial charge in [-0.05, 0) is 54.1 Å². The molecule has 0 aliphatic rings. The van der Waals surface area contributed by atoms with Crippen molar-refractivity contribution in [3.63, 3.8) is 0 Å². The number of sulfonamides is 1. The Morgan fingerprint density at radius 3 is 1.90 bits per heavy atom. The van der Waals surface area contributed by atoms with Crippen LogP contribution in [0, 0.1) is 0 Å². The molecule has 0 radical (unpaired) electrons. The Hall–Kier alpha value is -2.79. The van der Waals surface area contributed by atoms with Crippen LogP contribution in [-0.4, -0.2) is 39.6 Å². The molecule has 3 rings (SSSR count). The van der Waals surface area contributed by atoms with E-state index in [1.165, 1.54) is 14.2 Å². The fourth-order valence-corrected chi connectivity index (χ4v) is 4.84. The van der Waals surface area contributed by atoms with E-state index in [1.54, 1.807) is 48.5 Å². The first-order valence-corrected chi connectivity index (χ1v) is 10.9. The van der Waals surface area contributed by atoms with Crippen LogP contribution in [0.15, 0.2) is 48.5 Å². The molecule has 11 heteroatoms. The quantitative estimate of drug-likeness (QED) is 0.551. The van der Waals surface area contributed by atoms with Crippen LogP contribution in [0.2, 0.25) is 0 Å². The zero-order valence-electron chi connectivity index (χ0n) is 15.9. The molecule has 0 saturated carbocycles. The van der Waals surface area contributed by atoms with Crippen LogP contribution in [0.1, 0.15) is 0 Å². The van der Waals surface area contributed by atoms with Gasteiger partial charge in [-0.2, -0.15) is 13.2 Å². The summed E-state index contributed by atoms with van der Waals surface area (Å²) in [6.07, 6.45) is -4.86. The van der Waals surface area contributed by atoms with Gasteiger partial charge in [-0.15, -0.1) is 0 Å². The normalized spacial score (nSPS) is 11.9. The van der Waals surface area contributed by atoms with E-state index >= 15 is 0 Å². The molecule has 3 aromatic rings. The predicted octanol–water partition coefficient (Wildman–Crippen LogP) is 4.80. The van der Waals surface area contributed by atoms with E-state index in [1.807, 2.05) is 4.72 Å². The third-order valence-corrected chi connectivity index (χ3v) is 6.30. The van der Waals surface area contributed by atoms with Crippen molar-refractivity contribution in [1.29, 1.82) is 0 Å². The number of rotatable bonds is 7. The van der Waals surface area contributed by atoms with E-state index in [2.05, 4.69) is 4.98 Å². The highest BCUT2D eigenvalue weighted by Gasteiger charge is 2.35. The minimum Gasteiger partial charge on any atom is -0.497 e. The number of benzene rings is 2. The Bertz CT molecular complexity index is 1050. The van der Waals surface area contributed by atoms with Crippen LogP contribution >= 0.6 is 11.3 Å². The molecule has 1 heterocycles. The van der Waals surface area contributed by atoms with Crippen molar-refractivity contribution in [3.8, 4) is 33.2 Å². The maximum atomic E-state index is 12.6. The van der Waals surface area contributed by atoms with Gasteiger partial charge >= 0.3 is 6.18 Å². The van der Waals surface area contributed by atoms with Gasteiger partial charge in [-0.3, -0.25) is 4.72 Å². The number of thiazole rings is 1. The van der Waals surface area contributed by atoms with Crippen LogP contribution < -0.4 is 14.2 Å². The molecule has 1 N–H and O–H groups in total. The fourth-order valence-electron chi connectivity index (χ4n) is 2.63. The van der Waals surface area contributed by atoms with Gasteiger partial charge < -0.3 is 9.47 Å². The van der Waals surface area contributed by atoms with Crippen LogP contribution in [0.3, 0.4) is 0 Å². The molecular weight excluding hydrogens is 441 g/mol. The molecule has 160 valence electrons. The molecule has 0 saturated heterocycles. The summed E-state index contributed by atoms with van der Waals surface area (Å²) < 4.78 is 73.6. The lowest BCUT2D eigenvalue weighted by molar-refractivity contribution is -0.106. The number of nitrogens with one attached hydrogen (secondary N) is 1. The van der Waals surface area contributed by atoms with E-state index in [9.17, 15) is 21.6 Å². The highest BCUT2D eigenvalue weighted by molar-refractivity contribution is 7.92. The maximum absolute atomic E-state index is 12.6. The lowest BCUT2D eigenvalue weighted by Gasteiger charge is -2.07. The zero-order chi connectivity index (χ0) is 21.9. The van der Waals surface area contributed by atoms with Crippen molar-refractivity contribution in [3.05, 3.63) is 48.5 Å². The Labute approximate surface area is 175 Å². The van der Waals surface area contributed by atoms with E-state index in [4.69, 9.17) is 9.47 Å². The van der Waals surface area contributed by atoms with Crippen LogP contribution in [0.25, 0.3) is 21.7 Å². The van der Waals surface area contributed by atoms with Crippen LogP contribution in [0.4, 0.5) is 18.3 Å². The Kier molecular flexibility index (Phi) is 6.22. The van der Waals surface area contributed by atoms with Crippen LogP contribution in [-0.2, 0) is 10.0 Å². The first-order valence-electron chi connectivity index (χ1n) is 8.47. The number of nitrogens with zero attached hydrogens (tertiary/aromatic N) is 1. The largest absolute Gasteiger partial charge is 0.497 e. The molecule has 0 fully saturated rings. The molecule has 0 atom stereocenters. The standard InChI is InChI=1S/C19H17F3N2O4S2/c1-27-14-7-3-12(4-8-14)16-17(13-5-9-15(28-2)10-6-13)29-18(23-16)24-30(25,26)11-19(20,21)22/h3-10H,11H2,1-2H3,(H,23,24). The average molecular weight is 458 g/mol. The molecule has 6 nitrogen and oxygen atoms in total. The van der Waals surface area contributed by atoms with Gasteiger partial charge in [0, 0.05) is 5.56 Å². The number of anilines is 1. The molecule has 0 aliphatic heterocycles. The molecule has 30 heavy (non-hydrogen) atoms. The van der Waals surface area contributed by atoms with Crippen molar-refractivity contribution in [2.75, 3.05) is 24.7 Å². The number of halogens is 3. The topological polar surface area (TPSA) is 77.5 Å². The van der Waals surface area contributed by atoms with Gasteiger partial charge in [0.2, 0.25) is 10.0 Å². The second kappa shape index (κ2) is 8.52. The lowest BCUT2D eigenvalue weighted by atomic mass is 10.1. The summed E-state index contributed by atoms with van der Waals surface area (Å²) in [6.45, 7) is 0. The van der Waals surface area contributed by atoms with E-state index in [0.29, 0.717) is 33.2 Å². The molecule has 0 unspecified atom stereocenters. The van der Waals surface area contributed by atoms with E-state index < -0.39 is 22.0 Å². The molecular formula is C19H17F3N2O4S2. The first kappa shape index (κ1) is 21.9. The third-order valence-electron chi connectivity index (χ3n) is 3.94. The molecule has 1 aromatic heterocycles. The second-order valence-corrected chi connectivity index (χ2v) is 8.85. The van der Waals surface area contributed by atoms with Gasteiger partial charge in [0.1, 0.15) is 11.5 Å². The van der Waals surface area contributed by atoms with Crippen molar-refractivity contribution < 1.29 is 31.1 Å². The number of methoxy groups -OCH3 is 2. The minimum absolute atomic E-state index is 0.157. The van der Waals surface area contributed by atoms with Crippen molar-refractivity contribution in [1.82, 2.24) is 4.98 Å². The number of hydrogen-bond acceptors (Lipinski definition) is 6. The number of ether oxygens (including phenoxy) is 2. The maximum Gasteiger partial charge on any atom is 0.404 e. The fraction of sp³-hybridized carbons (Fsp3) is 0.211. The Morgan fingerprint density at radius 1 is 0.933 bits per heavy atom. The summed E-state index contributed by atoms with van der Waals surface area (Å²) in [5.41, 5.74) is 1.79. The van der Waals surface area contributed by atoms with Gasteiger partial charge in [-0.25, -0.2) is 13.4 Å². The summed E-state index contributed by atoms with van der Waals surface area (Å²) in [7, 11) is -1.60. The van der Waals surface area contributed by atoms with Crippen molar-refractivity contribution in [2.45, 2.75) is 6.18 Å². The zero-order valence-corrected chi connectivity index (χ0v) is 17.5. The summed E-state index contributed by atoms with van der Waals surface area (Å²) in [5.74, 6) is -0.749. The van der Waals surface area contributed by atoms with Gasteiger partial charge in [-0.1, -0.05) is 11.3 Å². The third kappa shape index (κ3) is 5.42. The summed E-state index contributed by atoms with van der Waals surface area (Å²) in [6, 6.07) is 13.8. The highest BCUT2D eigenvalue weighted by Crippen LogP contribution is 2.40. The SMILES string of the molecule is COc1ccc(-c2nc(NS(=O)(=O)CC(F)(F)F)sc2-c2ccc(OC)cc2)cc1. The predicted molar refractivity (Wildman–Crippen MR) is 110 cm³/mol. The Balaban J connectivity index is 2.04. The van der Waals surface area contributed by atoms with Crippen LogP contribution in [0.5, 0.6) is 11.5 Å². The summed E-state index contributed by atoms with van der Waals surface area (Å²) >= 11 is 0.943. The number of aromatic nitrogens is 1. The molecule has 0 amide bonds. The Morgan fingerprint density at radius 2 is 1.43 bits per heavy atom. The summed E-state index contributed by atoms with van der Waals surface area (Å²) in [5, 5.41) is -0.157. The van der Waals surface area contributed by atoms with Gasteiger partial charge in [0.25, 0.3) is 0 Å². The van der Waals surface area contributed by atoms with Gasteiger partial charge in [0.15, 0.2) is 10.9 Å². The second-order valence-electron chi connectivity index (χ2n) is 6.13. The number of alkyl halides is 3. The highest BCUT2D eigenvalue weighted by atomic mass is 32.2. The smallest absolute Gasteiger partial charge is 0.404 e. The monoisotopic (exact) mass is 458 g/mol. The molecule has 0 aliphatic carbocycles. The van der Waals surface area contributed by atoms with Crippen molar-refractivity contribution >= 4 is 26.5 Å². The van der Waals surface area contributed by atoms with Crippen molar-refractivity contribution in [2.24, 2.45) is 0 Å². The molecule has 0 spiro atoms. The van der Waals surface area contributed by atoms with E-state index in [0.717, 1.165) is 11.3 Å². The minimum atomic E-state index is -4.86. The molecule has 0 bridgehead atoms. The lowest BCUT2D eigenvalue weighted by Crippen LogP contribution is -2.27. The summed E-state index contributed by atoms with van der Waals surface area (Å²) in [4.78, 5) is 4.85. The van der Waals surface area contributed by atoms with E-state index in [-0.39, 0.29) is 5.13 Å². The number of hydrogen-bond donors (Lipinski definition) is 1.